The van der Waals surface area contributed by atoms with Crippen molar-refractivity contribution in [3.63, 3.8) is 0 Å². The summed E-state index contributed by atoms with van der Waals surface area (Å²) in [5.74, 6) is -0.0118. The SMILES string of the molecule is O=C(c1nc2cccnc2s1)N1CCCCC1c1ccn[nH]1. The summed E-state index contributed by atoms with van der Waals surface area (Å²) >= 11 is 1.36. The van der Waals surface area contributed by atoms with Gasteiger partial charge in [0.25, 0.3) is 5.91 Å². The Morgan fingerprint density at radius 1 is 1.32 bits per heavy atom. The standard InChI is InChI=1S/C15H15N5OS/c21-15(14-18-11-4-3-7-16-13(11)22-14)20-9-2-1-5-12(20)10-6-8-17-19-10/h3-4,6-8,12H,1-2,5,9H2,(H,17,19). The molecule has 1 saturated heterocycles. The molecule has 4 rings (SSSR count). The quantitative estimate of drug-likeness (QED) is 0.789. The first-order valence-corrected chi connectivity index (χ1v) is 8.16. The molecule has 1 N–H and O–H groups in total. The molecular formula is C15H15N5OS. The molecule has 6 nitrogen and oxygen atoms in total. The second-order valence-electron chi connectivity index (χ2n) is 5.37. The fourth-order valence-corrected chi connectivity index (χ4v) is 3.80. The van der Waals surface area contributed by atoms with Crippen molar-refractivity contribution in [1.82, 2.24) is 25.1 Å². The largest absolute Gasteiger partial charge is 0.328 e. The van der Waals surface area contributed by atoms with E-state index in [1.54, 1.807) is 12.4 Å². The predicted molar refractivity (Wildman–Crippen MR) is 83.6 cm³/mol. The number of carbonyl (C=O) groups excluding carboxylic acids is 1. The molecule has 0 saturated carbocycles. The molecule has 0 radical (unpaired) electrons. The second-order valence-corrected chi connectivity index (χ2v) is 6.35. The molecule has 0 spiro atoms. The third-order valence-electron chi connectivity index (χ3n) is 3.99. The highest BCUT2D eigenvalue weighted by Gasteiger charge is 2.31. The molecule has 0 bridgehead atoms. The van der Waals surface area contributed by atoms with Gasteiger partial charge in [-0.15, -0.1) is 0 Å². The number of likely N-dealkylation sites (tertiary alicyclic amines) is 1. The van der Waals surface area contributed by atoms with Crippen molar-refractivity contribution >= 4 is 27.6 Å². The Hall–Kier alpha value is -2.28. The number of thiazole rings is 1. The van der Waals surface area contributed by atoms with Gasteiger partial charge in [0.1, 0.15) is 10.3 Å². The Morgan fingerprint density at radius 2 is 2.27 bits per heavy atom. The summed E-state index contributed by atoms with van der Waals surface area (Å²) in [6.45, 7) is 0.756. The first-order chi connectivity index (χ1) is 10.8. The molecule has 22 heavy (non-hydrogen) atoms. The normalized spacial score (nSPS) is 18.7. The molecule has 0 aromatic carbocycles. The van der Waals surface area contributed by atoms with Crippen molar-refractivity contribution in [3.05, 3.63) is 41.3 Å². The van der Waals surface area contributed by atoms with Crippen LogP contribution in [0, 0.1) is 0 Å². The lowest BCUT2D eigenvalue weighted by Crippen LogP contribution is -2.38. The summed E-state index contributed by atoms with van der Waals surface area (Å²) < 4.78 is 0. The minimum Gasteiger partial charge on any atom is -0.328 e. The van der Waals surface area contributed by atoms with Crippen molar-refractivity contribution < 1.29 is 4.79 Å². The number of carbonyl (C=O) groups is 1. The van der Waals surface area contributed by atoms with Gasteiger partial charge in [0.2, 0.25) is 0 Å². The zero-order valence-electron chi connectivity index (χ0n) is 11.9. The minimum absolute atomic E-state index is 0.0118. The summed E-state index contributed by atoms with van der Waals surface area (Å²) in [5.41, 5.74) is 1.78. The molecule has 1 atom stereocenters. The van der Waals surface area contributed by atoms with Crippen LogP contribution in [0.1, 0.15) is 40.8 Å². The van der Waals surface area contributed by atoms with E-state index in [1.807, 2.05) is 23.1 Å². The highest BCUT2D eigenvalue weighted by molar-refractivity contribution is 7.19. The van der Waals surface area contributed by atoms with Gasteiger partial charge in [0.05, 0.1) is 11.7 Å². The van der Waals surface area contributed by atoms with Crippen LogP contribution >= 0.6 is 11.3 Å². The number of aromatic amines is 1. The molecule has 1 amide bonds. The Labute approximate surface area is 131 Å². The molecule has 1 aliphatic rings. The molecule has 0 aliphatic carbocycles. The summed E-state index contributed by atoms with van der Waals surface area (Å²) in [4.78, 5) is 24.3. The second kappa shape index (κ2) is 5.49. The van der Waals surface area contributed by atoms with E-state index in [-0.39, 0.29) is 11.9 Å². The van der Waals surface area contributed by atoms with Crippen LogP contribution in [0.2, 0.25) is 0 Å². The lowest BCUT2D eigenvalue weighted by molar-refractivity contribution is 0.0606. The number of hydrogen-bond donors (Lipinski definition) is 1. The van der Waals surface area contributed by atoms with E-state index in [1.165, 1.54) is 11.3 Å². The number of hydrogen-bond acceptors (Lipinski definition) is 5. The first-order valence-electron chi connectivity index (χ1n) is 7.35. The van der Waals surface area contributed by atoms with Crippen LogP contribution < -0.4 is 0 Å². The van der Waals surface area contributed by atoms with Crippen LogP contribution in [0.5, 0.6) is 0 Å². The van der Waals surface area contributed by atoms with Gasteiger partial charge in [0, 0.05) is 18.9 Å². The molecule has 112 valence electrons. The zero-order valence-corrected chi connectivity index (χ0v) is 12.7. The van der Waals surface area contributed by atoms with Gasteiger partial charge < -0.3 is 4.90 Å². The van der Waals surface area contributed by atoms with Crippen molar-refractivity contribution in [3.8, 4) is 0 Å². The van der Waals surface area contributed by atoms with Crippen molar-refractivity contribution in [1.29, 1.82) is 0 Å². The fourth-order valence-electron chi connectivity index (χ4n) is 2.93. The molecule has 1 aliphatic heterocycles. The van der Waals surface area contributed by atoms with E-state index >= 15 is 0 Å². The van der Waals surface area contributed by atoms with Crippen LogP contribution in [0.4, 0.5) is 0 Å². The van der Waals surface area contributed by atoms with Gasteiger partial charge in [-0.25, -0.2) is 9.97 Å². The Kier molecular flexibility index (Phi) is 3.34. The van der Waals surface area contributed by atoms with E-state index in [0.717, 1.165) is 41.8 Å². The average Bonchev–Trinajstić information content (AvgIpc) is 3.23. The number of amides is 1. The number of fused-ring (bicyclic) bond motifs is 1. The van der Waals surface area contributed by atoms with Crippen molar-refractivity contribution in [2.45, 2.75) is 25.3 Å². The summed E-state index contributed by atoms with van der Waals surface area (Å²) in [6.07, 6.45) is 6.56. The molecule has 1 unspecified atom stereocenters. The smallest absolute Gasteiger partial charge is 0.283 e. The number of aromatic nitrogens is 4. The van der Waals surface area contributed by atoms with Gasteiger partial charge in [0.15, 0.2) is 5.01 Å². The molecule has 1 fully saturated rings. The van der Waals surface area contributed by atoms with Gasteiger partial charge >= 0.3 is 0 Å². The van der Waals surface area contributed by atoms with Crippen LogP contribution in [0.3, 0.4) is 0 Å². The lowest BCUT2D eigenvalue weighted by atomic mass is 9.99. The molecule has 3 aromatic heterocycles. The number of nitrogens with zero attached hydrogens (tertiary/aromatic N) is 4. The maximum atomic E-state index is 12.9. The van der Waals surface area contributed by atoms with Gasteiger partial charge in [-0.2, -0.15) is 5.10 Å². The molecule has 7 heteroatoms. The van der Waals surface area contributed by atoms with Gasteiger partial charge in [-0.3, -0.25) is 9.89 Å². The van der Waals surface area contributed by atoms with E-state index in [9.17, 15) is 4.79 Å². The number of rotatable bonds is 2. The van der Waals surface area contributed by atoms with Crippen molar-refractivity contribution in [2.75, 3.05) is 6.54 Å². The third-order valence-corrected chi connectivity index (χ3v) is 4.96. The van der Waals surface area contributed by atoms with Crippen LogP contribution in [0.15, 0.2) is 30.6 Å². The van der Waals surface area contributed by atoms with Crippen LogP contribution in [-0.4, -0.2) is 37.5 Å². The van der Waals surface area contributed by atoms with Crippen molar-refractivity contribution in [2.24, 2.45) is 0 Å². The monoisotopic (exact) mass is 313 g/mol. The molecular weight excluding hydrogens is 298 g/mol. The lowest BCUT2D eigenvalue weighted by Gasteiger charge is -2.34. The van der Waals surface area contributed by atoms with E-state index in [4.69, 9.17) is 0 Å². The number of piperidine rings is 1. The Bertz CT molecular complexity index is 764. The topological polar surface area (TPSA) is 74.8 Å². The van der Waals surface area contributed by atoms with E-state index < -0.39 is 0 Å². The maximum absolute atomic E-state index is 12.9. The number of nitrogens with one attached hydrogen (secondary N) is 1. The molecule has 4 heterocycles. The summed E-state index contributed by atoms with van der Waals surface area (Å²) in [6, 6.07) is 5.72. The minimum atomic E-state index is -0.0118. The first kappa shape index (κ1) is 13.4. The van der Waals surface area contributed by atoms with Gasteiger partial charge in [-0.1, -0.05) is 11.3 Å². The highest BCUT2D eigenvalue weighted by Crippen LogP contribution is 2.32. The fraction of sp³-hybridized carbons (Fsp3) is 0.333. The average molecular weight is 313 g/mol. The van der Waals surface area contributed by atoms with Gasteiger partial charge in [-0.05, 0) is 37.5 Å². The maximum Gasteiger partial charge on any atom is 0.283 e. The third kappa shape index (κ3) is 2.27. The van der Waals surface area contributed by atoms with E-state index in [0.29, 0.717) is 5.01 Å². The Balaban J connectivity index is 1.67. The van der Waals surface area contributed by atoms with Crippen LogP contribution in [-0.2, 0) is 0 Å². The molecule has 3 aromatic rings. The summed E-state index contributed by atoms with van der Waals surface area (Å²) in [5, 5.41) is 7.52. The zero-order chi connectivity index (χ0) is 14.9. The predicted octanol–water partition coefficient (Wildman–Crippen LogP) is 2.78. The van der Waals surface area contributed by atoms with E-state index in [2.05, 4.69) is 20.2 Å². The number of H-pyrrole nitrogens is 1. The summed E-state index contributed by atoms with van der Waals surface area (Å²) in [7, 11) is 0. The number of pyridine rings is 1. The highest BCUT2D eigenvalue weighted by atomic mass is 32.1. The Morgan fingerprint density at radius 3 is 3.09 bits per heavy atom. The van der Waals surface area contributed by atoms with Crippen LogP contribution in [0.25, 0.3) is 10.3 Å².